The van der Waals surface area contributed by atoms with Gasteiger partial charge in [-0.25, -0.2) is 0 Å². The number of phenols is 3. The number of phenolic OH excluding ortho intramolecular Hbond substituents is 3. The maximum Gasteiger partial charge on any atom is 1.00 e. The number of aldehydes is 1. The molecule has 1 heterocycles. The van der Waals surface area contributed by atoms with E-state index in [0.29, 0.717) is 12.8 Å². The average molecular weight is 374 g/mol. The van der Waals surface area contributed by atoms with Crippen molar-refractivity contribution in [2.24, 2.45) is 0 Å². The number of fused-ring (bicyclic) bond motifs is 2. The number of allylic oxidation sites excluding steroid dienone is 1. The van der Waals surface area contributed by atoms with Crippen molar-refractivity contribution in [1.82, 2.24) is 0 Å². The average Bonchev–Trinajstić information content (AvgIpc) is 2.74. The van der Waals surface area contributed by atoms with E-state index in [2.05, 4.69) is 5.32 Å². The molecule has 0 bridgehead atoms. The van der Waals surface area contributed by atoms with E-state index in [0.717, 1.165) is 17.9 Å². The first-order valence-corrected chi connectivity index (χ1v) is 8.43. The van der Waals surface area contributed by atoms with Crippen LogP contribution in [0.1, 0.15) is 30.1 Å². The molecule has 0 radical (unpaired) electrons. The number of para-hydroxylation sites is 1. The number of anilines is 1. The summed E-state index contributed by atoms with van der Waals surface area (Å²) in [5.74, 6) is -1.12. The summed E-state index contributed by atoms with van der Waals surface area (Å²) < 4.78 is 0. The number of amides is 1. The molecule has 0 unspecified atom stereocenters. The topological polar surface area (TPSA) is 112 Å². The molecule has 0 saturated carbocycles. The van der Waals surface area contributed by atoms with Crippen LogP contribution in [0.5, 0.6) is 17.2 Å². The zero-order valence-electron chi connectivity index (χ0n) is 15.7. The van der Waals surface area contributed by atoms with Crippen LogP contribution in [0, 0.1) is 0 Å². The Hall–Kier alpha value is -2.88. The van der Waals surface area contributed by atoms with Gasteiger partial charge in [0.2, 0.25) is 0 Å². The first-order valence-electron chi connectivity index (χ1n) is 8.43. The molecular weight excluding hydrogens is 355 g/mol. The van der Waals surface area contributed by atoms with E-state index in [-0.39, 0.29) is 65.3 Å². The molecule has 2 aromatic carbocycles. The van der Waals surface area contributed by atoms with Crippen molar-refractivity contribution in [2.75, 3.05) is 11.4 Å². The van der Waals surface area contributed by atoms with Crippen molar-refractivity contribution in [3.63, 3.8) is 0 Å². The number of carbonyl (C=O) groups is 2. The summed E-state index contributed by atoms with van der Waals surface area (Å²) in [5, 5.41) is 34.5. The monoisotopic (exact) mass is 374 g/mol. The van der Waals surface area contributed by atoms with Crippen molar-refractivity contribution < 1.29 is 43.8 Å². The molecule has 0 atom stereocenters. The molecule has 0 fully saturated rings. The number of hydrogen-bond acceptors (Lipinski definition) is 5. The molecule has 28 heavy (non-hydrogen) atoms. The predicted octanol–water partition coefficient (Wildman–Crippen LogP) is 1.03. The summed E-state index contributed by atoms with van der Waals surface area (Å²) >= 11 is 0. The van der Waals surface area contributed by atoms with Gasteiger partial charge >= 0.3 is 18.9 Å². The molecule has 3 N–H and O–H groups in total. The van der Waals surface area contributed by atoms with E-state index in [4.69, 9.17) is 0 Å². The minimum atomic E-state index is -0.423. The second kappa shape index (κ2) is 8.87. The Morgan fingerprint density at radius 1 is 1.14 bits per heavy atom. The fourth-order valence-corrected chi connectivity index (χ4v) is 2.92. The Morgan fingerprint density at radius 3 is 2.61 bits per heavy atom. The molecular formula is C20H19LiN2O5. The molecule has 1 amide bonds. The van der Waals surface area contributed by atoms with Crippen LogP contribution in [0.3, 0.4) is 0 Å². The molecule has 7 nitrogen and oxygen atoms in total. The van der Waals surface area contributed by atoms with Crippen molar-refractivity contribution in [3.8, 4) is 17.2 Å². The Labute approximate surface area is 174 Å². The number of carbonyl (C=O) groups excluding carboxylic acids is 2. The molecule has 8 heteroatoms. The van der Waals surface area contributed by atoms with Gasteiger partial charge in [-0.3, -0.25) is 4.79 Å². The SMILES string of the molecule is C/C(=C\CN1C(=O)c2cccc(O)c2[N-]c2c(O)cc(O)cc21)CCC=O.[Li+]. The van der Waals surface area contributed by atoms with E-state index >= 15 is 0 Å². The number of rotatable bonds is 5. The van der Waals surface area contributed by atoms with E-state index in [1.165, 1.54) is 23.1 Å². The van der Waals surface area contributed by atoms with Crippen LogP contribution in [-0.4, -0.2) is 34.1 Å². The molecule has 2 aromatic rings. The largest absolute Gasteiger partial charge is 1.00 e. The second-order valence-electron chi connectivity index (χ2n) is 6.29. The van der Waals surface area contributed by atoms with Gasteiger partial charge in [0.1, 0.15) is 23.5 Å². The van der Waals surface area contributed by atoms with Crippen LogP contribution >= 0.6 is 0 Å². The Balaban J connectivity index is 0.00000280. The third kappa shape index (κ3) is 4.16. The Kier molecular flexibility index (Phi) is 6.79. The van der Waals surface area contributed by atoms with Crippen molar-refractivity contribution >= 4 is 29.3 Å². The van der Waals surface area contributed by atoms with E-state index in [1.807, 2.05) is 6.92 Å². The normalized spacial score (nSPS) is 13.0. The van der Waals surface area contributed by atoms with Gasteiger partial charge in [-0.15, -0.1) is 0 Å². The van der Waals surface area contributed by atoms with Crippen LogP contribution in [-0.2, 0) is 4.79 Å². The second-order valence-corrected chi connectivity index (χ2v) is 6.29. The quantitative estimate of drug-likeness (QED) is 0.411. The van der Waals surface area contributed by atoms with E-state index < -0.39 is 5.91 Å². The van der Waals surface area contributed by atoms with Gasteiger partial charge in [-0.1, -0.05) is 35.2 Å². The van der Waals surface area contributed by atoms with Crippen LogP contribution in [0.15, 0.2) is 42.0 Å². The van der Waals surface area contributed by atoms with Gasteiger partial charge in [-0.2, -0.15) is 0 Å². The Morgan fingerprint density at radius 2 is 1.89 bits per heavy atom. The van der Waals surface area contributed by atoms with Gasteiger partial charge in [0.25, 0.3) is 5.91 Å². The first kappa shape index (κ1) is 21.4. The fraction of sp³-hybridized carbons (Fsp3) is 0.200. The smallest absolute Gasteiger partial charge is 0.650 e. The van der Waals surface area contributed by atoms with Gasteiger partial charge < -0.3 is 30.3 Å². The van der Waals surface area contributed by atoms with Crippen LogP contribution in [0.4, 0.5) is 17.1 Å². The van der Waals surface area contributed by atoms with Gasteiger partial charge in [0.05, 0.1) is 0 Å². The zero-order chi connectivity index (χ0) is 19.6. The van der Waals surface area contributed by atoms with E-state index in [9.17, 15) is 24.9 Å². The minimum absolute atomic E-state index is 0. The molecule has 0 aromatic heterocycles. The molecule has 1 aliphatic heterocycles. The standard InChI is InChI=1S/C20H20N2O5.Li/c1-12(4-3-9-23)7-8-22-15-10-13(24)11-17(26)19(15)21-18-14(20(22)27)5-2-6-16(18)25;/h2,5-7,9-11H,3-4,8H2,1H3,(H4,21,24,25,26,27);/q;+1/p-1/b12-7+;. The fourth-order valence-electron chi connectivity index (χ4n) is 2.92. The summed E-state index contributed by atoms with van der Waals surface area (Å²) in [5.41, 5.74) is 1.49. The number of benzene rings is 2. The zero-order valence-corrected chi connectivity index (χ0v) is 15.7. The molecule has 140 valence electrons. The molecule has 1 aliphatic rings. The number of nitrogens with zero attached hydrogens (tertiary/aromatic N) is 2. The number of hydrogen-bond donors (Lipinski definition) is 3. The predicted molar refractivity (Wildman–Crippen MR) is 101 cm³/mol. The maximum atomic E-state index is 13.1. The van der Waals surface area contributed by atoms with Gasteiger partial charge in [0.15, 0.2) is 0 Å². The summed E-state index contributed by atoms with van der Waals surface area (Å²) in [4.78, 5) is 25.0. The summed E-state index contributed by atoms with van der Waals surface area (Å²) in [6, 6.07) is 6.96. The molecule has 0 spiro atoms. The number of aromatic hydroxyl groups is 3. The molecule has 3 rings (SSSR count). The van der Waals surface area contributed by atoms with Crippen LogP contribution in [0.2, 0.25) is 0 Å². The van der Waals surface area contributed by atoms with Crippen LogP contribution < -0.4 is 23.8 Å². The maximum absolute atomic E-state index is 13.1. The molecule has 0 aliphatic carbocycles. The molecule has 0 saturated heterocycles. The van der Waals surface area contributed by atoms with Crippen molar-refractivity contribution in [1.29, 1.82) is 0 Å². The Bertz CT molecular complexity index is 942. The van der Waals surface area contributed by atoms with Crippen molar-refractivity contribution in [2.45, 2.75) is 19.8 Å². The minimum Gasteiger partial charge on any atom is -0.650 e. The first-order chi connectivity index (χ1) is 12.9. The van der Waals surface area contributed by atoms with Gasteiger partial charge in [0, 0.05) is 36.3 Å². The van der Waals surface area contributed by atoms with Crippen molar-refractivity contribution in [3.05, 3.63) is 52.9 Å². The van der Waals surface area contributed by atoms with E-state index in [1.54, 1.807) is 12.1 Å². The van der Waals surface area contributed by atoms with Crippen LogP contribution in [0.25, 0.3) is 5.32 Å². The third-order valence-electron chi connectivity index (χ3n) is 4.34. The summed E-state index contributed by atoms with van der Waals surface area (Å²) in [7, 11) is 0. The third-order valence-corrected chi connectivity index (χ3v) is 4.34. The van der Waals surface area contributed by atoms with Gasteiger partial charge in [-0.05, 0) is 19.4 Å². The summed E-state index contributed by atoms with van der Waals surface area (Å²) in [6.45, 7) is 2.01. The summed E-state index contributed by atoms with van der Waals surface area (Å²) in [6.07, 6.45) is 3.60.